The molecule has 0 rings (SSSR count). The van der Waals surface area contributed by atoms with E-state index in [9.17, 15) is 4.79 Å². The van der Waals surface area contributed by atoms with Gasteiger partial charge in [-0.05, 0) is 17.8 Å². The maximum Gasteiger partial charge on any atom is 0.425 e. The van der Waals surface area contributed by atoms with Crippen molar-refractivity contribution in [2.75, 3.05) is 0 Å². The van der Waals surface area contributed by atoms with Crippen LogP contribution in [-0.2, 0) is 15.4 Å². The molecule has 0 N–H and O–H groups in total. The van der Waals surface area contributed by atoms with Crippen molar-refractivity contribution in [3.8, 4) is 0 Å². The largest absolute Gasteiger partial charge is 0.425 e. The molecule has 0 saturated heterocycles. The highest BCUT2D eigenvalue weighted by Crippen LogP contribution is 2.44. The number of rotatable bonds is 2. The van der Waals surface area contributed by atoms with E-state index in [1.165, 1.54) is 0 Å². The Hall–Kier alpha value is -0.710. The molecule has 0 bridgehead atoms. The first-order valence-corrected chi connectivity index (χ1v) is 6.11. The second-order valence-electron chi connectivity index (χ2n) is 5.51. The average molecular weight is 250 g/mol. The molecular formula is C11H22O4S. The van der Waals surface area contributed by atoms with Gasteiger partial charge in [0.2, 0.25) is 0 Å². The molecule has 0 heterocycles. The third-order valence-electron chi connectivity index (χ3n) is 3.63. The van der Waals surface area contributed by atoms with Crippen molar-refractivity contribution >= 4 is 16.4 Å². The summed E-state index contributed by atoms with van der Waals surface area (Å²) in [6, 6.07) is 0. The summed E-state index contributed by atoms with van der Waals surface area (Å²) in [6.45, 7) is 14.6. The van der Waals surface area contributed by atoms with Crippen LogP contribution in [-0.4, -0.2) is 18.4 Å². The molecule has 0 radical (unpaired) electrons. The van der Waals surface area contributed by atoms with E-state index in [1.54, 1.807) is 6.92 Å². The lowest BCUT2D eigenvalue weighted by Gasteiger charge is -2.42. The minimum atomic E-state index is -3.11. The Bertz CT molecular complexity index is 325. The maximum atomic E-state index is 11.2. The van der Waals surface area contributed by atoms with E-state index in [2.05, 4.69) is 34.6 Å². The molecule has 1 unspecified atom stereocenters. The van der Waals surface area contributed by atoms with Gasteiger partial charge in [0.15, 0.2) is 0 Å². The highest BCUT2D eigenvalue weighted by molar-refractivity contribution is 7.59. The zero-order chi connectivity index (χ0) is 13.7. The first-order valence-electron chi connectivity index (χ1n) is 5.11. The van der Waals surface area contributed by atoms with Crippen LogP contribution in [0.2, 0.25) is 0 Å². The van der Waals surface area contributed by atoms with Gasteiger partial charge in [0, 0.05) is 5.92 Å². The fraction of sp³-hybridized carbons (Fsp3) is 0.909. The van der Waals surface area contributed by atoms with Crippen molar-refractivity contribution < 1.29 is 17.4 Å². The van der Waals surface area contributed by atoms with Gasteiger partial charge in [0.05, 0.1) is 0 Å². The number of hydrogen-bond acceptors (Lipinski definition) is 4. The van der Waals surface area contributed by atoms with Gasteiger partial charge in [-0.15, -0.1) is 12.6 Å². The first-order chi connectivity index (χ1) is 6.84. The van der Waals surface area contributed by atoms with E-state index in [-0.39, 0.29) is 22.5 Å². The highest BCUT2D eigenvalue weighted by Gasteiger charge is 2.39. The molecule has 5 heteroatoms. The molecule has 0 saturated carbocycles. The lowest BCUT2D eigenvalue weighted by Crippen LogP contribution is -2.38. The molecule has 0 spiro atoms. The van der Waals surface area contributed by atoms with E-state index < -0.39 is 10.6 Å². The third kappa shape index (κ3) is 6.00. The molecule has 0 fully saturated rings. The number of ketones is 1. The Kier molecular flexibility index (Phi) is 6.77. The van der Waals surface area contributed by atoms with E-state index in [4.69, 9.17) is 12.6 Å². The van der Waals surface area contributed by atoms with Crippen LogP contribution in [0, 0.1) is 16.7 Å². The van der Waals surface area contributed by atoms with Crippen LogP contribution in [0.1, 0.15) is 48.5 Å². The van der Waals surface area contributed by atoms with Gasteiger partial charge in [-0.25, -0.2) is 0 Å². The van der Waals surface area contributed by atoms with Crippen molar-refractivity contribution in [3.05, 3.63) is 0 Å². The van der Waals surface area contributed by atoms with Crippen molar-refractivity contribution in [1.82, 2.24) is 0 Å². The molecule has 1 atom stereocenters. The molecule has 4 nitrogen and oxygen atoms in total. The molecule has 96 valence electrons. The summed E-state index contributed by atoms with van der Waals surface area (Å²) in [4.78, 5) is 11.2. The van der Waals surface area contributed by atoms with Crippen LogP contribution in [0.15, 0.2) is 0 Å². The Morgan fingerprint density at radius 2 is 1.25 bits per heavy atom. The number of Topliss-reactive ketones (excluding diaryl/α,β-unsaturated/α-hetero) is 1. The first kappa shape index (κ1) is 17.7. The minimum Gasteiger partial charge on any atom is -0.300 e. The molecule has 0 amide bonds. The summed E-state index contributed by atoms with van der Waals surface area (Å²) in [7, 11) is -3.11. The standard InChI is InChI=1S/C11H22O.O3S/c1-8(9(2)12)11(6,7)10(3,4)5;1-4(2)3/h8H,1-7H3;. The van der Waals surface area contributed by atoms with Crippen molar-refractivity contribution in [2.24, 2.45) is 16.7 Å². The lowest BCUT2D eigenvalue weighted by atomic mass is 9.62. The van der Waals surface area contributed by atoms with E-state index in [0.717, 1.165) is 0 Å². The van der Waals surface area contributed by atoms with Gasteiger partial charge in [-0.1, -0.05) is 41.5 Å². The number of carbonyl (C=O) groups excluding carboxylic acids is 1. The SMILES string of the molecule is CC(=O)C(C)C(C)(C)C(C)(C)C.O=S(=O)=O. The van der Waals surface area contributed by atoms with Crippen LogP contribution in [0.3, 0.4) is 0 Å². The van der Waals surface area contributed by atoms with Gasteiger partial charge in [0.25, 0.3) is 0 Å². The van der Waals surface area contributed by atoms with E-state index in [0.29, 0.717) is 0 Å². The predicted molar refractivity (Wildman–Crippen MR) is 62.8 cm³/mol. The summed E-state index contributed by atoms with van der Waals surface area (Å²) < 4.78 is 25.3. The van der Waals surface area contributed by atoms with E-state index in [1.807, 2.05) is 6.92 Å². The normalized spacial score (nSPS) is 13.4. The summed E-state index contributed by atoms with van der Waals surface area (Å²) in [5.74, 6) is 0.424. The topological polar surface area (TPSA) is 68.3 Å². The minimum absolute atomic E-state index is 0.0683. The van der Waals surface area contributed by atoms with Crippen molar-refractivity contribution in [3.63, 3.8) is 0 Å². The Morgan fingerprint density at radius 1 is 1.00 bits per heavy atom. The smallest absolute Gasteiger partial charge is 0.300 e. The van der Waals surface area contributed by atoms with Gasteiger partial charge < -0.3 is 0 Å². The zero-order valence-corrected chi connectivity index (χ0v) is 11.9. The van der Waals surface area contributed by atoms with Crippen LogP contribution < -0.4 is 0 Å². The van der Waals surface area contributed by atoms with E-state index >= 15 is 0 Å². The van der Waals surface area contributed by atoms with Gasteiger partial charge in [-0.3, -0.25) is 4.79 Å². The quantitative estimate of drug-likeness (QED) is 0.754. The van der Waals surface area contributed by atoms with Gasteiger partial charge >= 0.3 is 10.6 Å². The summed E-state index contributed by atoms with van der Waals surface area (Å²) in [5, 5.41) is 0. The van der Waals surface area contributed by atoms with Crippen molar-refractivity contribution in [2.45, 2.75) is 48.5 Å². The molecular weight excluding hydrogens is 228 g/mol. The summed E-state index contributed by atoms with van der Waals surface area (Å²) in [6.07, 6.45) is 0. The van der Waals surface area contributed by atoms with Crippen LogP contribution in [0.4, 0.5) is 0 Å². The third-order valence-corrected chi connectivity index (χ3v) is 3.63. The fourth-order valence-electron chi connectivity index (χ4n) is 1.16. The molecule has 0 aliphatic carbocycles. The fourth-order valence-corrected chi connectivity index (χ4v) is 1.16. The summed E-state index contributed by atoms with van der Waals surface area (Å²) in [5.41, 5.74) is 0.247. The molecule has 16 heavy (non-hydrogen) atoms. The Labute approximate surface area is 99.5 Å². The molecule has 0 aromatic heterocycles. The molecule has 0 aliphatic rings. The van der Waals surface area contributed by atoms with Crippen LogP contribution >= 0.6 is 0 Å². The Balaban J connectivity index is 0. The Morgan fingerprint density at radius 3 is 1.31 bits per heavy atom. The molecule has 0 aromatic rings. The van der Waals surface area contributed by atoms with Gasteiger partial charge in [-0.2, -0.15) is 0 Å². The average Bonchev–Trinajstić information content (AvgIpc) is 1.99. The van der Waals surface area contributed by atoms with Crippen molar-refractivity contribution in [1.29, 1.82) is 0 Å². The molecule has 0 aromatic carbocycles. The zero-order valence-electron chi connectivity index (χ0n) is 11.1. The van der Waals surface area contributed by atoms with Crippen LogP contribution in [0.25, 0.3) is 0 Å². The summed E-state index contributed by atoms with van der Waals surface area (Å²) >= 11 is 0. The lowest BCUT2D eigenvalue weighted by molar-refractivity contribution is -0.126. The highest BCUT2D eigenvalue weighted by atomic mass is 32.2. The second kappa shape index (κ2) is 6.13. The number of hydrogen-bond donors (Lipinski definition) is 0. The monoisotopic (exact) mass is 250 g/mol. The maximum absolute atomic E-state index is 11.2. The predicted octanol–water partition coefficient (Wildman–Crippen LogP) is 2.28. The van der Waals surface area contributed by atoms with Gasteiger partial charge in [0.1, 0.15) is 5.78 Å². The molecule has 0 aliphatic heterocycles. The number of carbonyl (C=O) groups is 1. The van der Waals surface area contributed by atoms with Crippen LogP contribution in [0.5, 0.6) is 0 Å². The second-order valence-corrected chi connectivity index (χ2v) is 5.92.